The fourth-order valence-electron chi connectivity index (χ4n) is 3.20. The molecule has 9 heteroatoms. The molecule has 2 aromatic carbocycles. The molecule has 180 valence electrons. The van der Waals surface area contributed by atoms with E-state index in [0.29, 0.717) is 10.7 Å². The van der Waals surface area contributed by atoms with Crippen LogP contribution in [-0.2, 0) is 26.2 Å². The number of hydrogen-bond acceptors (Lipinski definition) is 4. The summed E-state index contributed by atoms with van der Waals surface area (Å²) in [6.07, 6.45) is 1.80. The highest BCUT2D eigenvalue weighted by Crippen LogP contribution is 2.20. The number of halogens is 1. The van der Waals surface area contributed by atoms with E-state index in [1.807, 2.05) is 20.8 Å². The van der Waals surface area contributed by atoms with Gasteiger partial charge in [0.2, 0.25) is 21.8 Å². The molecule has 0 heterocycles. The summed E-state index contributed by atoms with van der Waals surface area (Å²) in [6, 6.07) is 13.0. The molecular formula is C24H32ClN3O4S. The van der Waals surface area contributed by atoms with Crippen LogP contribution >= 0.6 is 11.6 Å². The van der Waals surface area contributed by atoms with Gasteiger partial charge in [0.25, 0.3) is 0 Å². The van der Waals surface area contributed by atoms with Crippen LogP contribution in [0.25, 0.3) is 0 Å². The molecule has 1 N–H and O–H groups in total. The molecule has 0 bridgehead atoms. The van der Waals surface area contributed by atoms with Crippen LogP contribution < -0.4 is 9.62 Å². The number of sulfonamides is 1. The van der Waals surface area contributed by atoms with Gasteiger partial charge in [-0.3, -0.25) is 13.9 Å². The van der Waals surface area contributed by atoms with E-state index in [9.17, 15) is 18.0 Å². The molecule has 0 saturated heterocycles. The van der Waals surface area contributed by atoms with E-state index < -0.39 is 28.5 Å². The van der Waals surface area contributed by atoms with E-state index in [-0.39, 0.29) is 18.5 Å². The highest BCUT2D eigenvalue weighted by atomic mass is 35.5. The Hall–Kier alpha value is -2.58. The standard InChI is InChI=1S/C24H32ClN3O4S/c1-6-18(3)26-24(30)19(4)27(15-20-8-7-9-21(25)14-20)23(29)16-28(33(5,31)32)22-12-10-17(2)11-13-22/h7-14,18-19H,6,15-16H2,1-5H3,(H,26,30)/t18-,19+/m1/s1. The van der Waals surface area contributed by atoms with Gasteiger partial charge in [0.1, 0.15) is 12.6 Å². The first kappa shape index (κ1) is 26.7. The smallest absolute Gasteiger partial charge is 0.244 e. The lowest BCUT2D eigenvalue weighted by Crippen LogP contribution is -2.52. The molecule has 0 spiro atoms. The minimum atomic E-state index is -3.74. The molecule has 2 rings (SSSR count). The summed E-state index contributed by atoms with van der Waals surface area (Å²) in [5.74, 6) is -0.797. The average molecular weight is 494 g/mol. The van der Waals surface area contributed by atoms with Crippen LogP contribution in [0.3, 0.4) is 0 Å². The van der Waals surface area contributed by atoms with Gasteiger partial charge in [-0.2, -0.15) is 0 Å². The van der Waals surface area contributed by atoms with Crippen LogP contribution in [0.1, 0.15) is 38.3 Å². The zero-order chi connectivity index (χ0) is 24.8. The lowest BCUT2D eigenvalue weighted by Gasteiger charge is -2.32. The molecule has 0 aliphatic carbocycles. The van der Waals surface area contributed by atoms with Crippen molar-refractivity contribution in [1.29, 1.82) is 0 Å². The van der Waals surface area contributed by atoms with Crippen LogP contribution in [0.15, 0.2) is 48.5 Å². The van der Waals surface area contributed by atoms with Gasteiger partial charge >= 0.3 is 0 Å². The fraction of sp³-hybridized carbons (Fsp3) is 0.417. The van der Waals surface area contributed by atoms with Crippen molar-refractivity contribution in [1.82, 2.24) is 10.2 Å². The molecule has 33 heavy (non-hydrogen) atoms. The largest absolute Gasteiger partial charge is 0.352 e. The molecule has 0 aliphatic rings. The lowest BCUT2D eigenvalue weighted by molar-refractivity contribution is -0.139. The van der Waals surface area contributed by atoms with E-state index >= 15 is 0 Å². The van der Waals surface area contributed by atoms with E-state index in [1.165, 1.54) is 4.90 Å². The number of amides is 2. The number of nitrogens with one attached hydrogen (secondary N) is 1. The summed E-state index contributed by atoms with van der Waals surface area (Å²) in [5, 5.41) is 3.40. The van der Waals surface area contributed by atoms with Crippen molar-refractivity contribution in [2.75, 3.05) is 17.1 Å². The molecule has 0 saturated carbocycles. The first-order chi connectivity index (χ1) is 15.4. The molecule has 0 aliphatic heterocycles. The predicted molar refractivity (Wildman–Crippen MR) is 133 cm³/mol. The number of rotatable bonds is 10. The van der Waals surface area contributed by atoms with Gasteiger partial charge in [0.05, 0.1) is 11.9 Å². The molecule has 2 aromatic rings. The third-order valence-corrected chi connectivity index (χ3v) is 6.79. The molecule has 2 atom stereocenters. The van der Waals surface area contributed by atoms with Gasteiger partial charge < -0.3 is 10.2 Å². The Morgan fingerprint density at radius 2 is 1.73 bits per heavy atom. The average Bonchev–Trinajstić information content (AvgIpc) is 2.75. The second-order valence-electron chi connectivity index (χ2n) is 8.25. The van der Waals surface area contributed by atoms with E-state index in [0.717, 1.165) is 28.1 Å². The Kier molecular flexibility index (Phi) is 9.31. The van der Waals surface area contributed by atoms with Crippen LogP contribution in [0.4, 0.5) is 5.69 Å². The Balaban J connectivity index is 2.37. The number of anilines is 1. The number of benzene rings is 2. The second kappa shape index (κ2) is 11.5. The topological polar surface area (TPSA) is 86.8 Å². The molecule has 2 amide bonds. The molecule has 0 radical (unpaired) electrons. The van der Waals surface area contributed by atoms with Crippen molar-refractivity contribution in [3.8, 4) is 0 Å². The molecule has 0 unspecified atom stereocenters. The zero-order valence-corrected chi connectivity index (χ0v) is 21.3. The first-order valence-corrected chi connectivity index (χ1v) is 13.0. The summed E-state index contributed by atoms with van der Waals surface area (Å²) >= 11 is 6.10. The Labute approximate surface area is 201 Å². The zero-order valence-electron chi connectivity index (χ0n) is 19.7. The number of carbonyl (C=O) groups excluding carboxylic acids is 2. The van der Waals surface area contributed by atoms with Gasteiger partial charge in [0, 0.05) is 17.6 Å². The lowest BCUT2D eigenvalue weighted by atomic mass is 10.1. The normalized spacial score (nSPS) is 13.2. The van der Waals surface area contributed by atoms with Crippen molar-refractivity contribution < 1.29 is 18.0 Å². The Bertz CT molecular complexity index is 1070. The quantitative estimate of drug-likeness (QED) is 0.546. The van der Waals surface area contributed by atoms with Gasteiger partial charge in [0.15, 0.2) is 0 Å². The summed E-state index contributed by atoms with van der Waals surface area (Å²) in [5.41, 5.74) is 2.09. The van der Waals surface area contributed by atoms with Crippen LogP contribution in [0, 0.1) is 6.92 Å². The predicted octanol–water partition coefficient (Wildman–Crippen LogP) is 3.75. The van der Waals surface area contributed by atoms with Crippen molar-refractivity contribution in [2.45, 2.75) is 52.7 Å². The summed E-state index contributed by atoms with van der Waals surface area (Å²) in [6.45, 7) is 7.05. The molecule has 0 fully saturated rings. The molecule has 0 aromatic heterocycles. The van der Waals surface area contributed by atoms with E-state index in [2.05, 4.69) is 5.32 Å². The first-order valence-electron chi connectivity index (χ1n) is 10.8. The third kappa shape index (κ3) is 7.75. The molecular weight excluding hydrogens is 462 g/mol. The number of aryl methyl sites for hydroxylation is 1. The Morgan fingerprint density at radius 1 is 1.09 bits per heavy atom. The van der Waals surface area contributed by atoms with E-state index in [1.54, 1.807) is 55.5 Å². The maximum Gasteiger partial charge on any atom is 0.244 e. The monoisotopic (exact) mass is 493 g/mol. The highest BCUT2D eigenvalue weighted by Gasteiger charge is 2.30. The summed E-state index contributed by atoms with van der Waals surface area (Å²) in [7, 11) is -3.74. The minimum Gasteiger partial charge on any atom is -0.352 e. The van der Waals surface area contributed by atoms with Crippen LogP contribution in [0.5, 0.6) is 0 Å². The summed E-state index contributed by atoms with van der Waals surface area (Å²) in [4.78, 5) is 27.7. The highest BCUT2D eigenvalue weighted by molar-refractivity contribution is 7.92. The van der Waals surface area contributed by atoms with Crippen molar-refractivity contribution >= 4 is 39.1 Å². The second-order valence-corrected chi connectivity index (χ2v) is 10.6. The van der Waals surface area contributed by atoms with Gasteiger partial charge in [-0.25, -0.2) is 8.42 Å². The third-order valence-electron chi connectivity index (χ3n) is 5.41. The number of nitrogens with zero attached hydrogens (tertiary/aromatic N) is 2. The SMILES string of the molecule is CC[C@@H](C)NC(=O)[C@H](C)N(Cc1cccc(Cl)c1)C(=O)CN(c1ccc(C)cc1)S(C)(=O)=O. The van der Waals surface area contributed by atoms with Crippen molar-refractivity contribution in [2.24, 2.45) is 0 Å². The Morgan fingerprint density at radius 3 is 2.27 bits per heavy atom. The number of carbonyl (C=O) groups is 2. The summed E-state index contributed by atoms with van der Waals surface area (Å²) < 4.78 is 26.1. The fourth-order valence-corrected chi connectivity index (χ4v) is 4.27. The van der Waals surface area contributed by atoms with Gasteiger partial charge in [-0.05, 0) is 57.0 Å². The van der Waals surface area contributed by atoms with Gasteiger partial charge in [-0.1, -0.05) is 48.4 Å². The maximum absolute atomic E-state index is 13.4. The van der Waals surface area contributed by atoms with Crippen molar-refractivity contribution in [3.63, 3.8) is 0 Å². The minimum absolute atomic E-state index is 0.0526. The number of hydrogen-bond donors (Lipinski definition) is 1. The maximum atomic E-state index is 13.4. The van der Waals surface area contributed by atoms with Crippen LogP contribution in [0.2, 0.25) is 5.02 Å². The van der Waals surface area contributed by atoms with E-state index in [4.69, 9.17) is 11.6 Å². The van der Waals surface area contributed by atoms with Gasteiger partial charge in [-0.15, -0.1) is 0 Å². The van der Waals surface area contributed by atoms with Crippen molar-refractivity contribution in [3.05, 3.63) is 64.7 Å². The molecule has 7 nitrogen and oxygen atoms in total. The van der Waals surface area contributed by atoms with Crippen LogP contribution in [-0.4, -0.2) is 50.0 Å².